The number of amides is 1. The van der Waals surface area contributed by atoms with Crippen molar-refractivity contribution in [2.45, 2.75) is 19.0 Å². The lowest BCUT2D eigenvalue weighted by atomic mass is 10.1. The lowest BCUT2D eigenvalue weighted by molar-refractivity contribution is -0.113. The van der Waals surface area contributed by atoms with Crippen molar-refractivity contribution in [1.82, 2.24) is 14.4 Å². The predicted octanol–water partition coefficient (Wildman–Crippen LogP) is 3.09. The van der Waals surface area contributed by atoms with E-state index in [0.717, 1.165) is 28.6 Å². The number of hydrogen-bond donors (Lipinski definition) is 1. The molecule has 2 aromatic heterocycles. The van der Waals surface area contributed by atoms with E-state index in [4.69, 9.17) is 11.6 Å². The monoisotopic (exact) mass is 374 g/mol. The van der Waals surface area contributed by atoms with E-state index in [0.29, 0.717) is 10.7 Å². The van der Waals surface area contributed by atoms with Crippen molar-refractivity contribution in [3.63, 3.8) is 0 Å². The van der Waals surface area contributed by atoms with Gasteiger partial charge in [-0.05, 0) is 49.2 Å². The number of hydrogen-bond acceptors (Lipinski definition) is 5. The summed E-state index contributed by atoms with van der Waals surface area (Å²) in [4.78, 5) is 32.2. The van der Waals surface area contributed by atoms with Crippen LogP contribution in [0.1, 0.15) is 11.1 Å². The molecule has 1 amide bonds. The molecule has 3 rings (SSSR count). The number of anilines is 1. The summed E-state index contributed by atoms with van der Waals surface area (Å²) in [5, 5.41) is 3.51. The van der Waals surface area contributed by atoms with Gasteiger partial charge in [0, 0.05) is 11.9 Å². The number of halogens is 1. The van der Waals surface area contributed by atoms with Gasteiger partial charge < -0.3 is 5.32 Å². The van der Waals surface area contributed by atoms with Gasteiger partial charge in [-0.3, -0.25) is 4.79 Å². The first-order chi connectivity index (χ1) is 11.9. The van der Waals surface area contributed by atoms with E-state index >= 15 is 0 Å². The Balaban J connectivity index is 1.70. The molecule has 0 radical (unpaired) electrons. The van der Waals surface area contributed by atoms with Gasteiger partial charge in [0.1, 0.15) is 5.65 Å². The van der Waals surface area contributed by atoms with Crippen LogP contribution in [0.3, 0.4) is 0 Å². The highest BCUT2D eigenvalue weighted by molar-refractivity contribution is 7.99. The van der Waals surface area contributed by atoms with Gasteiger partial charge in [0.05, 0.1) is 10.8 Å². The fourth-order valence-corrected chi connectivity index (χ4v) is 3.20. The van der Waals surface area contributed by atoms with E-state index in [1.54, 1.807) is 12.1 Å². The van der Waals surface area contributed by atoms with Gasteiger partial charge in [-0.1, -0.05) is 29.4 Å². The number of thioether (sulfide) groups is 1. The largest absolute Gasteiger partial charge is 0.355 e. The Morgan fingerprint density at radius 2 is 1.92 bits per heavy atom. The van der Waals surface area contributed by atoms with Crippen molar-refractivity contribution in [2.24, 2.45) is 0 Å². The zero-order chi connectivity index (χ0) is 18.0. The molecule has 2 heterocycles. The number of nitrogens with zero attached hydrogens (tertiary/aromatic N) is 3. The minimum atomic E-state index is -0.482. The number of aryl methyl sites for hydroxylation is 2. The van der Waals surface area contributed by atoms with Crippen molar-refractivity contribution in [2.75, 3.05) is 11.1 Å². The third kappa shape index (κ3) is 4.37. The smallest absolute Gasteiger partial charge is 0.325 e. The third-order valence-corrected chi connectivity index (χ3v) is 4.41. The number of aromatic nitrogens is 3. The van der Waals surface area contributed by atoms with Crippen LogP contribution in [-0.4, -0.2) is 26.0 Å². The Hall–Kier alpha value is -2.38. The fraction of sp³-hybridized carbons (Fsp3) is 0.176. The van der Waals surface area contributed by atoms with E-state index in [9.17, 15) is 9.59 Å². The summed E-state index contributed by atoms with van der Waals surface area (Å²) in [6.07, 6.45) is 1.46. The topological polar surface area (TPSA) is 76.4 Å². The second kappa shape index (κ2) is 7.25. The Kier molecular flexibility index (Phi) is 5.06. The average molecular weight is 375 g/mol. The summed E-state index contributed by atoms with van der Waals surface area (Å²) >= 11 is 6.97. The minimum Gasteiger partial charge on any atom is -0.325 e. The Morgan fingerprint density at radius 1 is 1.20 bits per heavy atom. The molecule has 128 valence electrons. The summed E-state index contributed by atoms with van der Waals surface area (Å²) < 4.78 is 1.27. The summed E-state index contributed by atoms with van der Waals surface area (Å²) in [7, 11) is 0. The van der Waals surface area contributed by atoms with Gasteiger partial charge >= 0.3 is 5.69 Å². The molecule has 0 saturated carbocycles. The number of nitrogens with one attached hydrogen (secondary N) is 1. The van der Waals surface area contributed by atoms with Crippen LogP contribution in [0.5, 0.6) is 0 Å². The Morgan fingerprint density at radius 3 is 2.64 bits per heavy atom. The normalized spacial score (nSPS) is 10.8. The lowest BCUT2D eigenvalue weighted by Gasteiger charge is -2.07. The molecule has 0 bridgehead atoms. The molecule has 0 spiro atoms. The number of fused-ring (bicyclic) bond motifs is 1. The molecule has 0 atom stereocenters. The molecule has 0 aliphatic carbocycles. The van der Waals surface area contributed by atoms with E-state index in [1.807, 2.05) is 32.0 Å². The predicted molar refractivity (Wildman–Crippen MR) is 99.5 cm³/mol. The van der Waals surface area contributed by atoms with Crippen molar-refractivity contribution in [3.05, 3.63) is 63.2 Å². The van der Waals surface area contributed by atoms with Gasteiger partial charge in [-0.15, -0.1) is 0 Å². The fourth-order valence-electron chi connectivity index (χ4n) is 2.41. The highest BCUT2D eigenvalue weighted by atomic mass is 35.5. The van der Waals surface area contributed by atoms with Crippen molar-refractivity contribution in [3.8, 4) is 0 Å². The van der Waals surface area contributed by atoms with Crippen LogP contribution >= 0.6 is 23.4 Å². The summed E-state index contributed by atoms with van der Waals surface area (Å²) in [5.41, 5.74) is 2.85. The first kappa shape index (κ1) is 17.4. The van der Waals surface area contributed by atoms with Crippen LogP contribution in [0.2, 0.25) is 5.02 Å². The Bertz CT molecular complexity index is 999. The molecule has 6 nitrogen and oxygen atoms in total. The van der Waals surface area contributed by atoms with E-state index in [-0.39, 0.29) is 16.8 Å². The molecular formula is C17H15ClN4O2S. The maximum atomic E-state index is 12.1. The van der Waals surface area contributed by atoms with Crippen LogP contribution in [0.4, 0.5) is 5.69 Å². The molecule has 0 saturated heterocycles. The quantitative estimate of drug-likeness (QED) is 0.710. The van der Waals surface area contributed by atoms with Crippen LogP contribution in [0, 0.1) is 13.8 Å². The highest BCUT2D eigenvalue weighted by Gasteiger charge is 2.09. The van der Waals surface area contributed by atoms with Crippen molar-refractivity contribution >= 4 is 40.6 Å². The molecular weight excluding hydrogens is 360 g/mol. The number of carbonyl (C=O) groups excluding carboxylic acids is 1. The zero-order valence-electron chi connectivity index (χ0n) is 13.6. The molecule has 1 N–H and O–H groups in total. The van der Waals surface area contributed by atoms with E-state index in [2.05, 4.69) is 15.3 Å². The van der Waals surface area contributed by atoms with Crippen LogP contribution in [-0.2, 0) is 4.79 Å². The number of carbonyl (C=O) groups is 1. The number of benzene rings is 1. The van der Waals surface area contributed by atoms with Crippen LogP contribution in [0.15, 0.2) is 46.5 Å². The molecule has 8 heteroatoms. The average Bonchev–Trinajstić information content (AvgIpc) is 2.52. The third-order valence-electron chi connectivity index (χ3n) is 3.34. The number of rotatable bonds is 4. The summed E-state index contributed by atoms with van der Waals surface area (Å²) in [6.45, 7) is 3.94. The maximum absolute atomic E-state index is 12.1. The molecule has 25 heavy (non-hydrogen) atoms. The maximum Gasteiger partial charge on any atom is 0.355 e. The number of pyridine rings is 1. The second-order valence-electron chi connectivity index (χ2n) is 5.58. The SMILES string of the molecule is Cc1cc(C)cc(NC(=O)CSc2nc(=O)n3cc(Cl)ccc3n2)c1. The van der Waals surface area contributed by atoms with Crippen molar-refractivity contribution in [1.29, 1.82) is 0 Å². The lowest BCUT2D eigenvalue weighted by Crippen LogP contribution is -2.20. The second-order valence-corrected chi connectivity index (χ2v) is 6.96. The van der Waals surface area contributed by atoms with Crippen molar-refractivity contribution < 1.29 is 4.79 Å². The molecule has 3 aromatic rings. The molecule has 0 aliphatic rings. The van der Waals surface area contributed by atoms with Gasteiger partial charge in [-0.2, -0.15) is 4.98 Å². The molecule has 0 unspecified atom stereocenters. The minimum absolute atomic E-state index is 0.107. The van der Waals surface area contributed by atoms with Crippen LogP contribution in [0.25, 0.3) is 5.65 Å². The highest BCUT2D eigenvalue weighted by Crippen LogP contribution is 2.16. The summed E-state index contributed by atoms with van der Waals surface area (Å²) in [5.74, 6) is -0.0779. The molecule has 0 aliphatic heterocycles. The first-order valence-electron chi connectivity index (χ1n) is 7.47. The molecule has 1 aromatic carbocycles. The standard InChI is InChI=1S/C17H15ClN4O2S/c1-10-5-11(2)7-13(6-10)19-15(23)9-25-16-20-14-4-3-12(18)8-22(14)17(24)21-16/h3-8H,9H2,1-2H3,(H,19,23). The first-order valence-corrected chi connectivity index (χ1v) is 8.84. The zero-order valence-corrected chi connectivity index (χ0v) is 15.2. The Labute approximate surface area is 153 Å². The van der Waals surface area contributed by atoms with E-state index < -0.39 is 5.69 Å². The summed E-state index contributed by atoms with van der Waals surface area (Å²) in [6, 6.07) is 9.11. The van der Waals surface area contributed by atoms with Gasteiger partial charge in [0.15, 0.2) is 5.16 Å². The van der Waals surface area contributed by atoms with E-state index in [1.165, 1.54) is 10.6 Å². The van der Waals surface area contributed by atoms with Gasteiger partial charge in [0.25, 0.3) is 0 Å². The van der Waals surface area contributed by atoms with Crippen LogP contribution < -0.4 is 11.0 Å². The van der Waals surface area contributed by atoms with Gasteiger partial charge in [-0.25, -0.2) is 14.2 Å². The molecule has 0 fully saturated rings. The van der Waals surface area contributed by atoms with Gasteiger partial charge in [0.2, 0.25) is 5.91 Å².